The van der Waals surface area contributed by atoms with Crippen LogP contribution in [-0.4, -0.2) is 12.1 Å². The number of anilines is 1. The lowest BCUT2D eigenvalue weighted by molar-refractivity contribution is 0.399. The molecular weight excluding hydrogens is 200 g/mol. The van der Waals surface area contributed by atoms with Gasteiger partial charge in [0.15, 0.2) is 0 Å². The molecule has 0 bridgehead atoms. The van der Waals surface area contributed by atoms with Crippen LogP contribution in [0.2, 0.25) is 0 Å². The molecule has 0 radical (unpaired) electrons. The number of rotatable bonds is 2. The van der Waals surface area contributed by atoms with E-state index in [1.807, 2.05) is 37.3 Å². The summed E-state index contributed by atoms with van der Waals surface area (Å²) in [6, 6.07) is 9.79. The second kappa shape index (κ2) is 4.23. The molecule has 0 saturated carbocycles. The Morgan fingerprint density at radius 2 is 2.06 bits per heavy atom. The van der Waals surface area contributed by atoms with Gasteiger partial charge in [-0.05, 0) is 42.3 Å². The number of hydrogen-bond acceptors (Lipinski definition) is 3. The van der Waals surface area contributed by atoms with E-state index in [-0.39, 0.29) is 0 Å². The highest BCUT2D eigenvalue weighted by Gasteiger charge is 2.06. The van der Waals surface area contributed by atoms with Crippen molar-refractivity contribution in [1.82, 2.24) is 4.98 Å². The number of aromatic nitrogens is 1. The van der Waals surface area contributed by atoms with Gasteiger partial charge >= 0.3 is 0 Å². The number of nitrogens with two attached hydrogens (primary N) is 1. The number of pyridine rings is 1. The minimum Gasteiger partial charge on any atom is -0.481 e. The van der Waals surface area contributed by atoms with Crippen LogP contribution in [0, 0.1) is 6.92 Å². The number of nitrogens with zero attached hydrogens (tertiary/aromatic N) is 1. The minimum absolute atomic E-state index is 0.631. The lowest BCUT2D eigenvalue weighted by Crippen LogP contribution is -1.93. The topological polar surface area (TPSA) is 48.1 Å². The maximum atomic E-state index is 5.79. The zero-order valence-electron chi connectivity index (χ0n) is 9.40. The Hall–Kier alpha value is -2.03. The molecule has 0 aliphatic rings. The van der Waals surface area contributed by atoms with E-state index in [4.69, 9.17) is 10.5 Å². The average Bonchev–Trinajstić information content (AvgIpc) is 2.32. The quantitative estimate of drug-likeness (QED) is 0.782. The number of nitrogen functional groups attached to an aromatic ring is 1. The SMILES string of the molecule is COc1ncccc1-c1ccc(N)c(C)c1. The number of benzene rings is 1. The van der Waals surface area contributed by atoms with Gasteiger partial charge in [0.25, 0.3) is 0 Å². The van der Waals surface area contributed by atoms with E-state index in [2.05, 4.69) is 4.98 Å². The van der Waals surface area contributed by atoms with E-state index < -0.39 is 0 Å². The Bertz CT molecular complexity index is 509. The molecular formula is C13H14N2O. The zero-order valence-corrected chi connectivity index (χ0v) is 9.40. The standard InChI is InChI=1S/C13H14N2O/c1-9-8-10(5-6-12(9)14)11-4-3-7-15-13(11)16-2/h3-8H,14H2,1-2H3. The molecule has 1 aromatic carbocycles. The van der Waals surface area contributed by atoms with Crippen molar-refractivity contribution >= 4 is 5.69 Å². The lowest BCUT2D eigenvalue weighted by atomic mass is 10.0. The van der Waals surface area contributed by atoms with Crippen LogP contribution < -0.4 is 10.5 Å². The highest BCUT2D eigenvalue weighted by molar-refractivity contribution is 5.71. The fraction of sp³-hybridized carbons (Fsp3) is 0.154. The van der Waals surface area contributed by atoms with Crippen molar-refractivity contribution in [1.29, 1.82) is 0 Å². The molecule has 3 heteroatoms. The first-order valence-electron chi connectivity index (χ1n) is 5.08. The van der Waals surface area contributed by atoms with Gasteiger partial charge in [-0.15, -0.1) is 0 Å². The van der Waals surface area contributed by atoms with Crippen molar-refractivity contribution in [2.24, 2.45) is 0 Å². The van der Waals surface area contributed by atoms with Crippen molar-refractivity contribution in [3.8, 4) is 17.0 Å². The van der Waals surface area contributed by atoms with Crippen molar-refractivity contribution in [2.75, 3.05) is 12.8 Å². The first-order chi connectivity index (χ1) is 7.72. The molecule has 3 nitrogen and oxygen atoms in total. The molecule has 0 saturated heterocycles. The first kappa shape index (κ1) is 10.5. The molecule has 82 valence electrons. The zero-order chi connectivity index (χ0) is 11.5. The Morgan fingerprint density at radius 1 is 1.25 bits per heavy atom. The molecule has 0 aliphatic heterocycles. The lowest BCUT2D eigenvalue weighted by Gasteiger charge is -2.08. The summed E-state index contributed by atoms with van der Waals surface area (Å²) in [4.78, 5) is 4.17. The van der Waals surface area contributed by atoms with Crippen molar-refractivity contribution < 1.29 is 4.74 Å². The monoisotopic (exact) mass is 214 g/mol. The maximum Gasteiger partial charge on any atom is 0.221 e. The van der Waals surface area contributed by atoms with Gasteiger partial charge in [0.1, 0.15) is 0 Å². The maximum absolute atomic E-state index is 5.79. The third-order valence-electron chi connectivity index (χ3n) is 2.55. The summed E-state index contributed by atoms with van der Waals surface area (Å²) in [5.74, 6) is 0.631. The van der Waals surface area contributed by atoms with Gasteiger partial charge in [0.05, 0.1) is 7.11 Å². The van der Waals surface area contributed by atoms with Gasteiger partial charge in [-0.2, -0.15) is 0 Å². The van der Waals surface area contributed by atoms with E-state index in [0.717, 1.165) is 22.4 Å². The van der Waals surface area contributed by atoms with Crippen LogP contribution in [0.25, 0.3) is 11.1 Å². The number of ether oxygens (including phenoxy) is 1. The Kier molecular flexibility index (Phi) is 2.77. The van der Waals surface area contributed by atoms with Crippen LogP contribution in [0.15, 0.2) is 36.5 Å². The fourth-order valence-corrected chi connectivity index (χ4v) is 1.62. The van der Waals surface area contributed by atoms with E-state index >= 15 is 0 Å². The molecule has 0 amide bonds. The summed E-state index contributed by atoms with van der Waals surface area (Å²) in [7, 11) is 1.62. The molecule has 0 spiro atoms. The van der Waals surface area contributed by atoms with Crippen LogP contribution in [0.3, 0.4) is 0 Å². The molecule has 0 aliphatic carbocycles. The van der Waals surface area contributed by atoms with Gasteiger partial charge in [0, 0.05) is 17.4 Å². The largest absolute Gasteiger partial charge is 0.481 e. The molecule has 16 heavy (non-hydrogen) atoms. The summed E-state index contributed by atoms with van der Waals surface area (Å²) in [5.41, 5.74) is 9.69. The molecule has 0 unspecified atom stereocenters. The van der Waals surface area contributed by atoms with Gasteiger partial charge in [-0.1, -0.05) is 6.07 Å². The summed E-state index contributed by atoms with van der Waals surface area (Å²) < 4.78 is 5.23. The van der Waals surface area contributed by atoms with E-state index in [1.165, 1.54) is 0 Å². The summed E-state index contributed by atoms with van der Waals surface area (Å²) in [6.45, 7) is 1.99. The van der Waals surface area contributed by atoms with Crippen LogP contribution in [0.1, 0.15) is 5.56 Å². The van der Waals surface area contributed by atoms with Gasteiger partial charge in [0.2, 0.25) is 5.88 Å². The van der Waals surface area contributed by atoms with Crippen molar-refractivity contribution in [3.05, 3.63) is 42.1 Å². The molecule has 2 N–H and O–H groups in total. The highest BCUT2D eigenvalue weighted by atomic mass is 16.5. The minimum atomic E-state index is 0.631. The normalized spacial score (nSPS) is 10.1. The second-order valence-electron chi connectivity index (χ2n) is 3.63. The third kappa shape index (κ3) is 1.84. The van der Waals surface area contributed by atoms with E-state index in [1.54, 1.807) is 13.3 Å². The van der Waals surface area contributed by atoms with Crippen molar-refractivity contribution in [3.63, 3.8) is 0 Å². The summed E-state index contributed by atoms with van der Waals surface area (Å²) >= 11 is 0. The van der Waals surface area contributed by atoms with Crippen LogP contribution in [0.5, 0.6) is 5.88 Å². The Labute approximate surface area is 94.9 Å². The molecule has 0 atom stereocenters. The Morgan fingerprint density at radius 3 is 2.75 bits per heavy atom. The third-order valence-corrected chi connectivity index (χ3v) is 2.55. The number of hydrogen-bond donors (Lipinski definition) is 1. The number of aryl methyl sites for hydroxylation is 1. The predicted octanol–water partition coefficient (Wildman–Crippen LogP) is 2.65. The Balaban J connectivity index is 2.54. The van der Waals surface area contributed by atoms with Gasteiger partial charge in [-0.3, -0.25) is 0 Å². The molecule has 2 rings (SSSR count). The summed E-state index contributed by atoms with van der Waals surface area (Å²) in [5, 5.41) is 0. The fourth-order valence-electron chi connectivity index (χ4n) is 1.62. The average molecular weight is 214 g/mol. The van der Waals surface area contributed by atoms with Crippen molar-refractivity contribution in [2.45, 2.75) is 6.92 Å². The predicted molar refractivity (Wildman–Crippen MR) is 65.4 cm³/mol. The van der Waals surface area contributed by atoms with Gasteiger partial charge in [-0.25, -0.2) is 4.98 Å². The molecule has 1 heterocycles. The van der Waals surface area contributed by atoms with E-state index in [9.17, 15) is 0 Å². The van der Waals surface area contributed by atoms with E-state index in [0.29, 0.717) is 5.88 Å². The highest BCUT2D eigenvalue weighted by Crippen LogP contribution is 2.29. The first-order valence-corrected chi connectivity index (χ1v) is 5.08. The van der Waals surface area contributed by atoms with Crippen LogP contribution in [0.4, 0.5) is 5.69 Å². The second-order valence-corrected chi connectivity index (χ2v) is 3.63. The summed E-state index contributed by atoms with van der Waals surface area (Å²) in [6.07, 6.45) is 1.71. The van der Waals surface area contributed by atoms with Crippen LogP contribution >= 0.6 is 0 Å². The number of methoxy groups -OCH3 is 1. The molecule has 2 aromatic rings. The smallest absolute Gasteiger partial charge is 0.221 e. The molecule has 1 aromatic heterocycles. The van der Waals surface area contributed by atoms with Crippen LogP contribution in [-0.2, 0) is 0 Å². The molecule has 0 fully saturated rings. The van der Waals surface area contributed by atoms with Gasteiger partial charge < -0.3 is 10.5 Å².